The van der Waals surface area contributed by atoms with Crippen LogP contribution in [0.4, 0.5) is 0 Å². The minimum absolute atomic E-state index is 0.0832. The van der Waals surface area contributed by atoms with Crippen molar-refractivity contribution < 1.29 is 18.8 Å². The summed E-state index contributed by atoms with van der Waals surface area (Å²) in [5.74, 6) is -1.38. The molecular weight excluding hydrogens is 398 g/mol. The van der Waals surface area contributed by atoms with Crippen LogP contribution in [0.25, 0.3) is 0 Å². The molecule has 0 aliphatic heterocycles. The lowest BCUT2D eigenvalue weighted by Gasteiger charge is -2.06. The maximum atomic E-state index is 12.0. The minimum Gasteiger partial charge on any atom is -0.444 e. The highest BCUT2D eigenvalue weighted by atomic mass is 79.9. The molecule has 0 spiro atoms. The second kappa shape index (κ2) is 8.11. The summed E-state index contributed by atoms with van der Waals surface area (Å²) in [4.78, 5) is 37.0. The van der Waals surface area contributed by atoms with Gasteiger partial charge in [-0.05, 0) is 53.0 Å². The zero-order valence-electron chi connectivity index (χ0n) is 13.1. The number of hydrogen-bond donors (Lipinski definition) is 3. The van der Waals surface area contributed by atoms with Gasteiger partial charge in [-0.3, -0.25) is 25.2 Å². The van der Waals surface area contributed by atoms with Crippen molar-refractivity contribution >= 4 is 45.0 Å². The van der Waals surface area contributed by atoms with Crippen molar-refractivity contribution in [3.63, 3.8) is 0 Å². The smallest absolute Gasteiger partial charge is 0.287 e. The molecule has 0 radical (unpaired) electrons. The Morgan fingerprint density at radius 2 is 1.96 bits per heavy atom. The summed E-state index contributed by atoms with van der Waals surface area (Å²) < 4.78 is 5.48. The van der Waals surface area contributed by atoms with E-state index < -0.39 is 17.7 Å². The Bertz CT molecular complexity index is 769. The van der Waals surface area contributed by atoms with Crippen LogP contribution in [-0.2, 0) is 11.2 Å². The fourth-order valence-corrected chi connectivity index (χ4v) is 3.21. The van der Waals surface area contributed by atoms with Gasteiger partial charge in [0.15, 0.2) is 10.4 Å². The van der Waals surface area contributed by atoms with Gasteiger partial charge in [0.1, 0.15) is 0 Å². The number of aryl methyl sites for hydroxylation is 2. The first kappa shape index (κ1) is 18.2. The number of amides is 3. The van der Waals surface area contributed by atoms with Gasteiger partial charge in [0, 0.05) is 4.88 Å². The first-order chi connectivity index (χ1) is 11.4. The van der Waals surface area contributed by atoms with E-state index in [9.17, 15) is 14.4 Å². The molecule has 128 valence electrons. The quantitative estimate of drug-likeness (QED) is 0.653. The van der Waals surface area contributed by atoms with Crippen LogP contribution in [0.2, 0.25) is 0 Å². The maximum Gasteiger partial charge on any atom is 0.287 e. The van der Waals surface area contributed by atoms with Crippen LogP contribution in [0.15, 0.2) is 27.3 Å². The topological polar surface area (TPSA) is 100 Å². The van der Waals surface area contributed by atoms with Crippen molar-refractivity contribution in [1.29, 1.82) is 0 Å². The molecule has 2 rings (SSSR count). The molecule has 24 heavy (non-hydrogen) atoms. The molecule has 0 bridgehead atoms. The van der Waals surface area contributed by atoms with Gasteiger partial charge in [-0.25, -0.2) is 0 Å². The SMILES string of the molecule is CCc1sc(C(=O)NNC(=O)CNC(=O)c2ccc(Br)o2)cc1C. The molecule has 0 saturated heterocycles. The fourth-order valence-electron chi connectivity index (χ4n) is 1.90. The number of thiophene rings is 1. The van der Waals surface area contributed by atoms with E-state index in [2.05, 4.69) is 32.1 Å². The van der Waals surface area contributed by atoms with Crippen molar-refractivity contribution in [2.45, 2.75) is 20.3 Å². The zero-order valence-corrected chi connectivity index (χ0v) is 15.5. The monoisotopic (exact) mass is 413 g/mol. The Hall–Kier alpha value is -2.13. The minimum atomic E-state index is -0.550. The molecule has 3 N–H and O–H groups in total. The number of hydrazine groups is 1. The van der Waals surface area contributed by atoms with E-state index >= 15 is 0 Å². The molecule has 7 nitrogen and oxygen atoms in total. The van der Waals surface area contributed by atoms with E-state index in [-0.39, 0.29) is 12.3 Å². The van der Waals surface area contributed by atoms with Crippen LogP contribution in [0.1, 0.15) is 37.6 Å². The van der Waals surface area contributed by atoms with Gasteiger partial charge in [-0.1, -0.05) is 6.92 Å². The number of nitrogens with one attached hydrogen (secondary N) is 3. The molecule has 2 heterocycles. The molecule has 3 amide bonds. The van der Waals surface area contributed by atoms with Crippen LogP contribution in [0, 0.1) is 6.92 Å². The lowest BCUT2D eigenvalue weighted by Crippen LogP contribution is -2.46. The fraction of sp³-hybridized carbons (Fsp3) is 0.267. The van der Waals surface area contributed by atoms with Crippen LogP contribution >= 0.6 is 27.3 Å². The highest BCUT2D eigenvalue weighted by Crippen LogP contribution is 2.21. The van der Waals surface area contributed by atoms with Crippen LogP contribution < -0.4 is 16.2 Å². The lowest BCUT2D eigenvalue weighted by molar-refractivity contribution is -0.120. The maximum absolute atomic E-state index is 12.0. The lowest BCUT2D eigenvalue weighted by atomic mass is 10.2. The first-order valence-corrected chi connectivity index (χ1v) is 8.73. The van der Waals surface area contributed by atoms with Gasteiger partial charge in [0.25, 0.3) is 17.7 Å². The van der Waals surface area contributed by atoms with Crippen molar-refractivity contribution in [2.75, 3.05) is 6.54 Å². The summed E-state index contributed by atoms with van der Waals surface area (Å²) in [7, 11) is 0. The molecule has 0 aliphatic carbocycles. The summed E-state index contributed by atoms with van der Waals surface area (Å²) in [6.07, 6.45) is 0.852. The third kappa shape index (κ3) is 4.68. The van der Waals surface area contributed by atoms with Crippen molar-refractivity contribution in [1.82, 2.24) is 16.2 Å². The predicted molar refractivity (Wildman–Crippen MR) is 92.8 cm³/mol. The Labute approximate surface area is 150 Å². The van der Waals surface area contributed by atoms with Gasteiger partial charge < -0.3 is 9.73 Å². The Kier molecular flexibility index (Phi) is 6.16. The van der Waals surface area contributed by atoms with Crippen LogP contribution in [0.3, 0.4) is 0 Å². The molecule has 0 saturated carbocycles. The summed E-state index contributed by atoms with van der Waals surface area (Å²) in [6, 6.07) is 4.83. The first-order valence-electron chi connectivity index (χ1n) is 7.12. The van der Waals surface area contributed by atoms with Gasteiger partial charge >= 0.3 is 0 Å². The van der Waals surface area contributed by atoms with E-state index in [1.807, 2.05) is 13.8 Å². The van der Waals surface area contributed by atoms with Gasteiger partial charge in [0.2, 0.25) is 0 Å². The molecule has 2 aromatic rings. The molecule has 0 aromatic carbocycles. The Balaban J connectivity index is 1.78. The average Bonchev–Trinajstić information content (AvgIpc) is 3.15. The standard InChI is InChI=1S/C15H16BrN3O4S/c1-3-10-8(2)6-11(24-10)15(22)19-18-13(20)7-17-14(21)9-4-5-12(16)23-9/h4-6H,3,7H2,1-2H3,(H,17,21)(H,18,20)(H,19,22). The van der Waals surface area contributed by atoms with Crippen molar-refractivity contribution in [2.24, 2.45) is 0 Å². The van der Waals surface area contributed by atoms with E-state index in [4.69, 9.17) is 4.42 Å². The zero-order chi connectivity index (χ0) is 17.7. The van der Waals surface area contributed by atoms with Gasteiger partial charge in [0.05, 0.1) is 11.4 Å². The molecule has 2 aromatic heterocycles. The number of carbonyl (C=O) groups excluding carboxylic acids is 3. The summed E-state index contributed by atoms with van der Waals surface area (Å²) in [5, 5.41) is 2.38. The normalized spacial score (nSPS) is 10.3. The highest BCUT2D eigenvalue weighted by molar-refractivity contribution is 9.10. The molecule has 0 aliphatic rings. The molecule has 0 fully saturated rings. The van der Waals surface area contributed by atoms with E-state index in [1.54, 1.807) is 12.1 Å². The number of halogens is 1. The van der Waals surface area contributed by atoms with E-state index in [1.165, 1.54) is 17.4 Å². The third-order valence-corrected chi connectivity index (χ3v) is 4.89. The summed E-state index contributed by atoms with van der Waals surface area (Å²) in [6.45, 7) is 3.66. The Morgan fingerprint density at radius 1 is 1.21 bits per heavy atom. The van der Waals surface area contributed by atoms with Crippen LogP contribution in [0.5, 0.6) is 0 Å². The largest absolute Gasteiger partial charge is 0.444 e. The van der Waals surface area contributed by atoms with E-state index in [0.29, 0.717) is 9.55 Å². The molecule has 0 atom stereocenters. The van der Waals surface area contributed by atoms with Gasteiger partial charge in [-0.2, -0.15) is 0 Å². The number of hydrogen-bond acceptors (Lipinski definition) is 5. The molecular formula is C15H16BrN3O4S. The number of rotatable bonds is 5. The number of carbonyl (C=O) groups is 3. The third-order valence-electron chi connectivity index (χ3n) is 3.09. The molecule has 0 unspecified atom stereocenters. The van der Waals surface area contributed by atoms with Crippen molar-refractivity contribution in [3.05, 3.63) is 43.9 Å². The van der Waals surface area contributed by atoms with Crippen molar-refractivity contribution in [3.8, 4) is 0 Å². The van der Waals surface area contributed by atoms with Gasteiger partial charge in [-0.15, -0.1) is 11.3 Å². The Morgan fingerprint density at radius 3 is 2.54 bits per heavy atom. The summed E-state index contributed by atoms with van der Waals surface area (Å²) >= 11 is 4.47. The summed E-state index contributed by atoms with van der Waals surface area (Å²) in [5.41, 5.74) is 5.63. The average molecular weight is 414 g/mol. The van der Waals surface area contributed by atoms with Crippen LogP contribution in [-0.4, -0.2) is 24.3 Å². The van der Waals surface area contributed by atoms with E-state index in [0.717, 1.165) is 16.9 Å². The number of furan rings is 1. The highest BCUT2D eigenvalue weighted by Gasteiger charge is 2.14. The molecule has 9 heteroatoms. The second-order valence-corrected chi connectivity index (χ2v) is 6.78. The second-order valence-electron chi connectivity index (χ2n) is 4.86. The predicted octanol–water partition coefficient (Wildman–Crippen LogP) is 2.17.